The van der Waals surface area contributed by atoms with Crippen molar-refractivity contribution in [3.63, 3.8) is 0 Å². The van der Waals surface area contributed by atoms with Crippen LogP contribution in [0.4, 0.5) is 5.69 Å². The number of piperazine rings is 1. The number of likely N-dealkylation sites (N-methyl/N-ethyl adjacent to an activating group) is 2. The fourth-order valence-electron chi connectivity index (χ4n) is 4.03. The van der Waals surface area contributed by atoms with Crippen LogP contribution >= 0.6 is 0 Å². The predicted octanol–water partition coefficient (Wildman–Crippen LogP) is 3.43. The fraction of sp³-hybridized carbons (Fsp3) is 0.480. The maximum atomic E-state index is 9.60. The molecule has 0 aliphatic carbocycles. The molecule has 2 aromatic carbocycles. The minimum absolute atomic E-state index is 0.441. The maximum Gasteiger partial charge on any atom is 0.0995 e. The summed E-state index contributed by atoms with van der Waals surface area (Å²) in [5.41, 5.74) is 4.49. The Balaban J connectivity index is 1.61. The number of benzene rings is 2. The van der Waals surface area contributed by atoms with Gasteiger partial charge in [0.2, 0.25) is 0 Å². The highest BCUT2D eigenvalue weighted by atomic mass is 15.3. The zero-order chi connectivity index (χ0) is 21.5. The molecule has 0 aromatic heterocycles. The van der Waals surface area contributed by atoms with Gasteiger partial charge in [-0.2, -0.15) is 5.26 Å². The Kier molecular flexibility index (Phi) is 7.87. The van der Waals surface area contributed by atoms with Gasteiger partial charge in [0.1, 0.15) is 0 Å². The van der Waals surface area contributed by atoms with Crippen molar-refractivity contribution >= 4 is 5.69 Å². The summed E-state index contributed by atoms with van der Waals surface area (Å²) >= 11 is 0. The van der Waals surface area contributed by atoms with E-state index in [2.05, 4.69) is 96.2 Å². The van der Waals surface area contributed by atoms with Gasteiger partial charge in [0.15, 0.2) is 0 Å². The topological polar surface area (TPSA) is 36.8 Å². The van der Waals surface area contributed by atoms with Crippen LogP contribution in [0.2, 0.25) is 0 Å². The Morgan fingerprint density at radius 1 is 0.967 bits per heavy atom. The summed E-state index contributed by atoms with van der Waals surface area (Å²) in [4.78, 5) is 9.50. The van der Waals surface area contributed by atoms with Gasteiger partial charge in [-0.1, -0.05) is 30.3 Å². The van der Waals surface area contributed by atoms with Crippen LogP contribution < -0.4 is 4.90 Å². The predicted molar refractivity (Wildman–Crippen MR) is 125 cm³/mol. The van der Waals surface area contributed by atoms with Crippen molar-refractivity contribution in [2.24, 2.45) is 0 Å². The summed E-state index contributed by atoms with van der Waals surface area (Å²) in [6.07, 6.45) is 0. The van der Waals surface area contributed by atoms with Gasteiger partial charge in [-0.25, -0.2) is 0 Å². The maximum absolute atomic E-state index is 9.60. The summed E-state index contributed by atoms with van der Waals surface area (Å²) in [5, 5.41) is 9.60. The quantitative estimate of drug-likeness (QED) is 0.673. The van der Waals surface area contributed by atoms with Gasteiger partial charge in [-0.3, -0.25) is 9.80 Å². The highest BCUT2D eigenvalue weighted by molar-refractivity contribution is 5.53. The summed E-state index contributed by atoms with van der Waals surface area (Å²) < 4.78 is 0. The zero-order valence-electron chi connectivity index (χ0n) is 18.9. The van der Waals surface area contributed by atoms with E-state index >= 15 is 0 Å². The molecule has 1 atom stereocenters. The van der Waals surface area contributed by atoms with Crippen LogP contribution in [0.15, 0.2) is 48.5 Å². The average Bonchev–Trinajstić information content (AvgIpc) is 2.78. The van der Waals surface area contributed by atoms with Crippen molar-refractivity contribution in [1.29, 1.82) is 5.26 Å². The molecule has 0 N–H and O–H groups in total. The van der Waals surface area contributed by atoms with Crippen LogP contribution in [0.1, 0.15) is 29.7 Å². The van der Waals surface area contributed by atoms with Crippen LogP contribution in [-0.4, -0.2) is 75.1 Å². The highest BCUT2D eigenvalue weighted by Gasteiger charge is 2.22. The number of nitriles is 1. The molecule has 1 heterocycles. The number of rotatable bonds is 8. The van der Waals surface area contributed by atoms with E-state index in [1.165, 1.54) is 11.3 Å². The SMILES string of the molecule is CC(c1ccccc1)N1CCN(Cc2cc(N(C)CCN(C)C)ccc2C#N)CC1. The Morgan fingerprint density at radius 2 is 1.67 bits per heavy atom. The fourth-order valence-corrected chi connectivity index (χ4v) is 4.03. The van der Waals surface area contributed by atoms with Crippen molar-refractivity contribution in [2.45, 2.75) is 19.5 Å². The monoisotopic (exact) mass is 405 g/mol. The Labute approximate surface area is 182 Å². The van der Waals surface area contributed by atoms with Crippen LogP contribution in [0, 0.1) is 11.3 Å². The van der Waals surface area contributed by atoms with Crippen molar-refractivity contribution in [1.82, 2.24) is 14.7 Å². The highest BCUT2D eigenvalue weighted by Crippen LogP contribution is 2.24. The number of hydrogen-bond acceptors (Lipinski definition) is 5. The molecule has 1 fully saturated rings. The molecular formula is C25H35N5. The van der Waals surface area contributed by atoms with E-state index in [-0.39, 0.29) is 0 Å². The number of nitrogens with zero attached hydrogens (tertiary/aromatic N) is 5. The van der Waals surface area contributed by atoms with Gasteiger partial charge in [0, 0.05) is 64.6 Å². The van der Waals surface area contributed by atoms with Crippen molar-refractivity contribution < 1.29 is 0 Å². The number of anilines is 1. The molecule has 0 saturated carbocycles. The van der Waals surface area contributed by atoms with Gasteiger partial charge in [0.05, 0.1) is 11.6 Å². The lowest BCUT2D eigenvalue weighted by molar-refractivity contribution is 0.0978. The molecule has 0 bridgehead atoms. The number of hydrogen-bond donors (Lipinski definition) is 0. The molecule has 3 rings (SSSR count). The van der Waals surface area contributed by atoms with E-state index in [0.717, 1.165) is 56.9 Å². The minimum Gasteiger partial charge on any atom is -0.373 e. The largest absolute Gasteiger partial charge is 0.373 e. The Hall–Kier alpha value is -2.39. The van der Waals surface area contributed by atoms with Gasteiger partial charge >= 0.3 is 0 Å². The molecule has 1 saturated heterocycles. The molecule has 0 spiro atoms. The zero-order valence-corrected chi connectivity index (χ0v) is 18.9. The molecule has 30 heavy (non-hydrogen) atoms. The first kappa shape index (κ1) is 22.3. The molecule has 1 aliphatic rings. The van der Waals surface area contributed by atoms with Crippen LogP contribution in [0.25, 0.3) is 0 Å². The van der Waals surface area contributed by atoms with E-state index in [1.807, 2.05) is 6.07 Å². The Morgan fingerprint density at radius 3 is 2.30 bits per heavy atom. The standard InChI is InChI=1S/C25H35N5/c1-21(22-8-6-5-7-9-22)30-16-14-29(15-17-30)20-24-18-25(11-10-23(24)19-26)28(4)13-12-27(2)3/h5-11,18,21H,12-17,20H2,1-4H3. The lowest BCUT2D eigenvalue weighted by Crippen LogP contribution is -2.46. The van der Waals surface area contributed by atoms with Gasteiger partial charge in [-0.05, 0) is 50.3 Å². The summed E-state index contributed by atoms with van der Waals surface area (Å²) in [7, 11) is 6.31. The first-order chi connectivity index (χ1) is 14.5. The molecule has 5 nitrogen and oxygen atoms in total. The summed E-state index contributed by atoms with van der Waals surface area (Å²) in [6.45, 7) is 9.28. The molecule has 0 radical (unpaired) electrons. The molecule has 1 aliphatic heterocycles. The summed E-state index contributed by atoms with van der Waals surface area (Å²) in [5.74, 6) is 0. The summed E-state index contributed by atoms with van der Waals surface area (Å²) in [6, 6.07) is 19.8. The minimum atomic E-state index is 0.441. The van der Waals surface area contributed by atoms with Crippen molar-refractivity contribution in [3.05, 3.63) is 65.2 Å². The van der Waals surface area contributed by atoms with Crippen molar-refractivity contribution in [2.75, 3.05) is 65.3 Å². The molecular weight excluding hydrogens is 370 g/mol. The van der Waals surface area contributed by atoms with E-state index in [0.29, 0.717) is 6.04 Å². The van der Waals surface area contributed by atoms with Gasteiger partial charge in [0.25, 0.3) is 0 Å². The molecule has 160 valence electrons. The van der Waals surface area contributed by atoms with Gasteiger partial charge < -0.3 is 9.80 Å². The third-order valence-electron chi connectivity index (χ3n) is 6.16. The Bertz CT molecular complexity index is 834. The second-order valence-electron chi connectivity index (χ2n) is 8.58. The van der Waals surface area contributed by atoms with E-state index < -0.39 is 0 Å². The lowest BCUT2D eigenvalue weighted by Gasteiger charge is -2.38. The molecule has 1 unspecified atom stereocenters. The first-order valence-corrected chi connectivity index (χ1v) is 10.9. The van der Waals surface area contributed by atoms with Crippen LogP contribution in [-0.2, 0) is 6.54 Å². The van der Waals surface area contributed by atoms with Gasteiger partial charge in [-0.15, -0.1) is 0 Å². The van der Waals surface area contributed by atoms with Crippen LogP contribution in [0.3, 0.4) is 0 Å². The molecule has 5 heteroatoms. The van der Waals surface area contributed by atoms with Crippen molar-refractivity contribution in [3.8, 4) is 6.07 Å². The lowest BCUT2D eigenvalue weighted by atomic mass is 10.0. The third kappa shape index (κ3) is 5.82. The molecule has 2 aromatic rings. The van der Waals surface area contributed by atoms with E-state index in [1.54, 1.807) is 0 Å². The average molecular weight is 406 g/mol. The van der Waals surface area contributed by atoms with E-state index in [9.17, 15) is 5.26 Å². The smallest absolute Gasteiger partial charge is 0.0995 e. The second kappa shape index (κ2) is 10.6. The molecule has 0 amide bonds. The van der Waals surface area contributed by atoms with E-state index in [4.69, 9.17) is 0 Å². The first-order valence-electron chi connectivity index (χ1n) is 10.9. The second-order valence-corrected chi connectivity index (χ2v) is 8.58. The normalized spacial score (nSPS) is 16.4. The third-order valence-corrected chi connectivity index (χ3v) is 6.16. The van der Waals surface area contributed by atoms with Crippen LogP contribution in [0.5, 0.6) is 0 Å².